The van der Waals surface area contributed by atoms with Gasteiger partial charge in [-0.2, -0.15) is 0 Å². The fourth-order valence-electron chi connectivity index (χ4n) is 1.22. The van der Waals surface area contributed by atoms with E-state index in [0.29, 0.717) is 24.4 Å². The molecule has 0 aromatic carbocycles. The molecule has 0 saturated heterocycles. The zero-order chi connectivity index (χ0) is 14.1. The Kier molecular flexibility index (Phi) is 7.02. The number of carbonyl (C=O) groups is 2. The van der Waals surface area contributed by atoms with Crippen LogP contribution in [0.5, 0.6) is 0 Å². The monoisotopic (exact) mass is 332 g/mol. The third-order valence-electron chi connectivity index (χ3n) is 2.21. The first-order valence-electron chi connectivity index (χ1n) is 6.07. The van der Waals surface area contributed by atoms with E-state index >= 15 is 0 Å². The molecule has 2 N–H and O–H groups in total. The zero-order valence-electron chi connectivity index (χ0n) is 10.7. The summed E-state index contributed by atoms with van der Waals surface area (Å²) < 4.78 is 10.5. The van der Waals surface area contributed by atoms with E-state index in [1.54, 1.807) is 12.1 Å². The maximum atomic E-state index is 11.5. The second-order valence-corrected chi connectivity index (χ2v) is 4.56. The normalized spacial score (nSPS) is 10.0. The molecule has 0 unspecified atom stereocenters. The van der Waals surface area contributed by atoms with Crippen LogP contribution in [0.3, 0.4) is 0 Å². The number of rotatable bonds is 7. The predicted octanol–water partition coefficient (Wildman–Crippen LogP) is 2.30. The Morgan fingerprint density at radius 3 is 2.68 bits per heavy atom. The van der Waals surface area contributed by atoms with Gasteiger partial charge in [0, 0.05) is 13.1 Å². The van der Waals surface area contributed by atoms with Gasteiger partial charge in [-0.3, -0.25) is 4.79 Å². The second kappa shape index (κ2) is 8.58. The van der Waals surface area contributed by atoms with Crippen molar-refractivity contribution in [2.75, 3.05) is 19.7 Å². The van der Waals surface area contributed by atoms with Gasteiger partial charge in [-0.25, -0.2) is 4.79 Å². The summed E-state index contributed by atoms with van der Waals surface area (Å²) in [7, 11) is 0. The van der Waals surface area contributed by atoms with Crippen LogP contribution in [0.4, 0.5) is 4.79 Å². The van der Waals surface area contributed by atoms with Crippen LogP contribution in [-0.4, -0.2) is 31.7 Å². The average Bonchev–Trinajstić information content (AvgIpc) is 2.81. The van der Waals surface area contributed by atoms with Crippen molar-refractivity contribution in [3.8, 4) is 0 Å². The lowest BCUT2D eigenvalue weighted by molar-refractivity contribution is 0.0923. The molecule has 0 bridgehead atoms. The SMILES string of the molecule is CCCCOC(=O)NCCNC(=O)c1ccc(Br)o1. The Labute approximate surface area is 120 Å². The van der Waals surface area contributed by atoms with Crippen LogP contribution in [0.1, 0.15) is 30.3 Å². The minimum atomic E-state index is -0.469. The van der Waals surface area contributed by atoms with Gasteiger partial charge in [0.2, 0.25) is 0 Å². The van der Waals surface area contributed by atoms with Crippen molar-refractivity contribution in [3.05, 3.63) is 22.6 Å². The molecule has 1 heterocycles. The summed E-state index contributed by atoms with van der Waals surface area (Å²) in [5, 5.41) is 5.15. The number of nitrogens with one attached hydrogen (secondary N) is 2. The molecule has 2 amide bonds. The van der Waals surface area contributed by atoms with E-state index in [1.807, 2.05) is 6.92 Å². The lowest BCUT2D eigenvalue weighted by atomic mass is 10.4. The van der Waals surface area contributed by atoms with E-state index < -0.39 is 6.09 Å². The molecule has 0 saturated carbocycles. The highest BCUT2D eigenvalue weighted by molar-refractivity contribution is 9.10. The summed E-state index contributed by atoms with van der Waals surface area (Å²) in [6.45, 7) is 3.04. The van der Waals surface area contributed by atoms with Crippen LogP contribution in [0.2, 0.25) is 0 Å². The minimum absolute atomic E-state index is 0.220. The topological polar surface area (TPSA) is 80.6 Å². The molecule has 106 valence electrons. The maximum absolute atomic E-state index is 11.5. The predicted molar refractivity (Wildman–Crippen MR) is 73.0 cm³/mol. The number of amides is 2. The van der Waals surface area contributed by atoms with Crippen molar-refractivity contribution >= 4 is 27.9 Å². The van der Waals surface area contributed by atoms with Crippen LogP contribution < -0.4 is 10.6 Å². The molecule has 0 radical (unpaired) electrons. The summed E-state index contributed by atoms with van der Waals surface area (Å²) >= 11 is 3.11. The smallest absolute Gasteiger partial charge is 0.407 e. The van der Waals surface area contributed by atoms with Crippen molar-refractivity contribution in [2.24, 2.45) is 0 Å². The number of alkyl carbamates (subject to hydrolysis) is 1. The summed E-state index contributed by atoms with van der Waals surface area (Å²) in [6, 6.07) is 3.20. The van der Waals surface area contributed by atoms with Crippen LogP contribution in [0.25, 0.3) is 0 Å². The summed E-state index contributed by atoms with van der Waals surface area (Å²) in [5.74, 6) is -0.107. The van der Waals surface area contributed by atoms with Gasteiger partial charge in [-0.1, -0.05) is 13.3 Å². The molecule has 6 nitrogen and oxygen atoms in total. The molecule has 0 aliphatic carbocycles. The molecule has 0 atom stereocenters. The molecular weight excluding hydrogens is 316 g/mol. The molecule has 1 aromatic rings. The number of hydrogen-bond donors (Lipinski definition) is 2. The van der Waals surface area contributed by atoms with Gasteiger partial charge in [0.25, 0.3) is 5.91 Å². The first-order chi connectivity index (χ1) is 9.13. The van der Waals surface area contributed by atoms with Gasteiger partial charge in [-0.05, 0) is 34.5 Å². The van der Waals surface area contributed by atoms with Gasteiger partial charge in [0.05, 0.1) is 6.61 Å². The van der Waals surface area contributed by atoms with Crippen LogP contribution in [0.15, 0.2) is 21.2 Å². The quantitative estimate of drug-likeness (QED) is 0.751. The lowest BCUT2D eigenvalue weighted by Crippen LogP contribution is -2.34. The Balaban J connectivity index is 2.10. The van der Waals surface area contributed by atoms with Crippen LogP contribution in [-0.2, 0) is 4.74 Å². The first-order valence-corrected chi connectivity index (χ1v) is 6.87. The second-order valence-electron chi connectivity index (χ2n) is 3.78. The third kappa shape index (κ3) is 6.28. The Morgan fingerprint density at radius 2 is 2.05 bits per heavy atom. The molecular formula is C12H17BrN2O4. The summed E-state index contributed by atoms with van der Waals surface area (Å²) in [5.41, 5.74) is 0. The van der Waals surface area contributed by atoms with E-state index in [2.05, 4.69) is 26.6 Å². The minimum Gasteiger partial charge on any atom is -0.450 e. The van der Waals surface area contributed by atoms with Crippen molar-refractivity contribution in [1.82, 2.24) is 10.6 Å². The van der Waals surface area contributed by atoms with E-state index in [9.17, 15) is 9.59 Å². The molecule has 0 aliphatic heterocycles. The summed E-state index contributed by atoms with van der Waals surface area (Å²) in [4.78, 5) is 22.7. The van der Waals surface area contributed by atoms with E-state index in [0.717, 1.165) is 12.8 Å². The van der Waals surface area contributed by atoms with Gasteiger partial charge in [0.15, 0.2) is 10.4 Å². The molecule has 0 fully saturated rings. The fourth-order valence-corrected chi connectivity index (χ4v) is 1.53. The number of carbonyl (C=O) groups excluding carboxylic acids is 2. The van der Waals surface area contributed by atoms with Crippen molar-refractivity contribution in [2.45, 2.75) is 19.8 Å². The Hall–Kier alpha value is -1.50. The van der Waals surface area contributed by atoms with Gasteiger partial charge < -0.3 is 19.8 Å². The highest BCUT2D eigenvalue weighted by Gasteiger charge is 2.09. The highest BCUT2D eigenvalue weighted by atomic mass is 79.9. The largest absolute Gasteiger partial charge is 0.450 e. The van der Waals surface area contributed by atoms with E-state index in [4.69, 9.17) is 9.15 Å². The first kappa shape index (κ1) is 15.6. The highest BCUT2D eigenvalue weighted by Crippen LogP contribution is 2.13. The van der Waals surface area contributed by atoms with E-state index in [-0.39, 0.29) is 11.7 Å². The molecule has 0 spiro atoms. The third-order valence-corrected chi connectivity index (χ3v) is 2.63. The number of unbranched alkanes of at least 4 members (excludes halogenated alkanes) is 1. The fraction of sp³-hybridized carbons (Fsp3) is 0.500. The van der Waals surface area contributed by atoms with Crippen molar-refractivity contribution in [3.63, 3.8) is 0 Å². The molecule has 1 rings (SSSR count). The molecule has 19 heavy (non-hydrogen) atoms. The van der Waals surface area contributed by atoms with Gasteiger partial charge in [0.1, 0.15) is 0 Å². The number of halogens is 1. The maximum Gasteiger partial charge on any atom is 0.407 e. The Bertz CT molecular complexity index is 420. The lowest BCUT2D eigenvalue weighted by Gasteiger charge is -2.06. The number of furan rings is 1. The van der Waals surface area contributed by atoms with Gasteiger partial charge in [-0.15, -0.1) is 0 Å². The molecule has 7 heteroatoms. The Morgan fingerprint density at radius 1 is 1.32 bits per heavy atom. The standard InChI is InChI=1S/C12H17BrN2O4/c1-2-3-8-18-12(17)15-7-6-14-11(16)9-4-5-10(13)19-9/h4-5H,2-3,6-8H2,1H3,(H,14,16)(H,15,17). The van der Waals surface area contributed by atoms with Crippen LogP contribution in [0, 0.1) is 0 Å². The van der Waals surface area contributed by atoms with Gasteiger partial charge >= 0.3 is 6.09 Å². The number of hydrogen-bond acceptors (Lipinski definition) is 4. The summed E-state index contributed by atoms with van der Waals surface area (Å²) in [6.07, 6.45) is 1.35. The van der Waals surface area contributed by atoms with Crippen molar-refractivity contribution < 1.29 is 18.7 Å². The molecule has 0 aliphatic rings. The molecule has 1 aromatic heterocycles. The van der Waals surface area contributed by atoms with E-state index in [1.165, 1.54) is 0 Å². The zero-order valence-corrected chi connectivity index (χ0v) is 12.3. The average molecular weight is 333 g/mol. The number of ether oxygens (including phenoxy) is 1. The van der Waals surface area contributed by atoms with Crippen molar-refractivity contribution in [1.29, 1.82) is 0 Å². The van der Waals surface area contributed by atoms with Crippen LogP contribution >= 0.6 is 15.9 Å².